The minimum Gasteiger partial charge on any atom is -0.483 e. The molecule has 0 radical (unpaired) electrons. The number of amides is 1. The highest BCUT2D eigenvalue weighted by atomic mass is 35.5. The zero-order valence-corrected chi connectivity index (χ0v) is 18.3. The summed E-state index contributed by atoms with van der Waals surface area (Å²) in [6, 6.07) is 14.6. The largest absolute Gasteiger partial charge is 0.483 e. The molecule has 0 unspecified atom stereocenters. The van der Waals surface area contributed by atoms with E-state index in [1.54, 1.807) is 18.2 Å². The van der Waals surface area contributed by atoms with Crippen LogP contribution in [0.25, 0.3) is 0 Å². The van der Waals surface area contributed by atoms with Crippen LogP contribution in [0.5, 0.6) is 5.75 Å². The van der Waals surface area contributed by atoms with Crippen LogP contribution in [0.3, 0.4) is 0 Å². The molecule has 1 aromatic heterocycles. The smallest absolute Gasteiger partial charge is 0.234 e. The van der Waals surface area contributed by atoms with E-state index in [1.165, 1.54) is 11.8 Å². The normalized spacial score (nSPS) is 11.9. The van der Waals surface area contributed by atoms with Gasteiger partial charge in [-0.3, -0.25) is 4.79 Å². The van der Waals surface area contributed by atoms with Crippen molar-refractivity contribution < 1.29 is 9.53 Å². The fourth-order valence-electron chi connectivity index (χ4n) is 2.68. The number of thioether (sulfide) groups is 1. The van der Waals surface area contributed by atoms with Gasteiger partial charge in [-0.2, -0.15) is 0 Å². The first-order chi connectivity index (χ1) is 14.0. The van der Waals surface area contributed by atoms with E-state index >= 15 is 0 Å². The van der Waals surface area contributed by atoms with Gasteiger partial charge in [0.2, 0.25) is 5.91 Å². The van der Waals surface area contributed by atoms with E-state index in [2.05, 4.69) is 15.5 Å². The summed E-state index contributed by atoms with van der Waals surface area (Å²) in [5.41, 5.74) is 0.479. The van der Waals surface area contributed by atoms with Crippen molar-refractivity contribution in [1.82, 2.24) is 14.8 Å². The molecule has 152 valence electrons. The average Bonchev–Trinajstić information content (AvgIpc) is 3.14. The number of nitrogens with one attached hydrogen (secondary N) is 1. The van der Waals surface area contributed by atoms with Crippen molar-refractivity contribution in [2.24, 2.45) is 0 Å². The molecule has 6 nitrogen and oxygen atoms in total. The molecule has 0 saturated heterocycles. The van der Waals surface area contributed by atoms with Crippen LogP contribution in [-0.4, -0.2) is 26.4 Å². The highest BCUT2D eigenvalue weighted by Crippen LogP contribution is 2.30. The van der Waals surface area contributed by atoms with E-state index in [0.29, 0.717) is 33.3 Å². The second-order valence-corrected chi connectivity index (χ2v) is 7.82. The lowest BCUT2D eigenvalue weighted by molar-refractivity contribution is -0.113. The summed E-state index contributed by atoms with van der Waals surface area (Å²) >= 11 is 13.4. The van der Waals surface area contributed by atoms with Crippen LogP contribution in [0.1, 0.15) is 25.8 Å². The first-order valence-corrected chi connectivity index (χ1v) is 10.7. The molecule has 0 spiro atoms. The lowest BCUT2D eigenvalue weighted by atomic mass is 10.3. The Hall–Kier alpha value is -2.22. The van der Waals surface area contributed by atoms with Crippen LogP contribution in [0.15, 0.2) is 53.7 Å². The Bertz CT molecular complexity index is 982. The topological polar surface area (TPSA) is 69.0 Å². The Labute approximate surface area is 183 Å². The maximum atomic E-state index is 12.3. The van der Waals surface area contributed by atoms with Crippen molar-refractivity contribution in [3.63, 3.8) is 0 Å². The molecule has 2 aromatic carbocycles. The first kappa shape index (κ1) is 21.5. The number of ether oxygens (including phenoxy) is 1. The molecule has 0 bridgehead atoms. The maximum absolute atomic E-state index is 12.3. The summed E-state index contributed by atoms with van der Waals surface area (Å²) in [5, 5.41) is 12.6. The monoisotopic (exact) mass is 450 g/mol. The van der Waals surface area contributed by atoms with Gasteiger partial charge in [0.1, 0.15) is 5.75 Å². The molecule has 0 saturated carbocycles. The Kier molecular flexibility index (Phi) is 7.41. The van der Waals surface area contributed by atoms with Gasteiger partial charge in [-0.15, -0.1) is 10.2 Å². The van der Waals surface area contributed by atoms with Crippen molar-refractivity contribution in [2.75, 3.05) is 11.1 Å². The van der Waals surface area contributed by atoms with Crippen LogP contribution >= 0.6 is 35.0 Å². The van der Waals surface area contributed by atoms with Crippen LogP contribution in [0.4, 0.5) is 5.69 Å². The molecule has 0 aliphatic heterocycles. The quantitative estimate of drug-likeness (QED) is 0.460. The minimum atomic E-state index is -0.279. The van der Waals surface area contributed by atoms with Gasteiger partial charge in [-0.1, -0.05) is 59.2 Å². The number of carbonyl (C=O) groups is 1. The van der Waals surface area contributed by atoms with E-state index in [9.17, 15) is 4.79 Å². The van der Waals surface area contributed by atoms with Gasteiger partial charge < -0.3 is 14.6 Å². The van der Waals surface area contributed by atoms with Gasteiger partial charge in [0.05, 0.1) is 21.5 Å². The summed E-state index contributed by atoms with van der Waals surface area (Å²) in [7, 11) is 0. The minimum absolute atomic E-state index is 0.162. The lowest BCUT2D eigenvalue weighted by Gasteiger charge is -2.15. The molecule has 1 heterocycles. The van der Waals surface area contributed by atoms with Crippen LogP contribution < -0.4 is 10.1 Å². The maximum Gasteiger partial charge on any atom is 0.234 e. The molecule has 1 atom stereocenters. The van der Waals surface area contributed by atoms with Crippen molar-refractivity contribution in [3.05, 3.63) is 64.4 Å². The van der Waals surface area contributed by atoms with Crippen molar-refractivity contribution >= 4 is 46.6 Å². The van der Waals surface area contributed by atoms with Gasteiger partial charge in [0.15, 0.2) is 17.1 Å². The standard InChI is InChI=1S/C20H20Cl2N4O2S/c1-3-26-19(13(2)28-14-8-5-4-6-9-14)24-25-20(26)29-12-17(27)23-16-11-7-10-15(21)18(16)22/h4-11,13H,3,12H2,1-2H3,(H,23,27)/t13-/m0/s1. The predicted molar refractivity (Wildman–Crippen MR) is 117 cm³/mol. The molecule has 0 fully saturated rings. The number of aromatic nitrogens is 3. The number of anilines is 1. The Morgan fingerprint density at radius 1 is 1.17 bits per heavy atom. The average molecular weight is 451 g/mol. The fourth-order valence-corrected chi connectivity index (χ4v) is 3.83. The zero-order chi connectivity index (χ0) is 20.8. The molecular formula is C20H20Cl2N4O2S. The number of para-hydroxylation sites is 1. The highest BCUT2D eigenvalue weighted by molar-refractivity contribution is 7.99. The van der Waals surface area contributed by atoms with Crippen LogP contribution in [-0.2, 0) is 11.3 Å². The molecule has 3 aromatic rings. The zero-order valence-electron chi connectivity index (χ0n) is 15.9. The third-order valence-electron chi connectivity index (χ3n) is 4.04. The van der Waals surface area contributed by atoms with Crippen LogP contribution in [0, 0.1) is 0 Å². The SMILES string of the molecule is CCn1c(SCC(=O)Nc2cccc(Cl)c2Cl)nnc1[C@H](C)Oc1ccccc1. The Morgan fingerprint density at radius 3 is 2.66 bits per heavy atom. The Balaban J connectivity index is 1.64. The van der Waals surface area contributed by atoms with E-state index < -0.39 is 0 Å². The van der Waals surface area contributed by atoms with Gasteiger partial charge >= 0.3 is 0 Å². The number of hydrogen-bond acceptors (Lipinski definition) is 5. The second-order valence-electron chi connectivity index (χ2n) is 6.10. The number of benzene rings is 2. The van der Waals surface area contributed by atoms with E-state index in [0.717, 1.165) is 5.75 Å². The summed E-state index contributed by atoms with van der Waals surface area (Å²) < 4.78 is 7.89. The van der Waals surface area contributed by atoms with Gasteiger partial charge in [-0.25, -0.2) is 0 Å². The molecule has 9 heteroatoms. The Morgan fingerprint density at radius 2 is 1.93 bits per heavy atom. The molecule has 0 aliphatic rings. The van der Waals surface area contributed by atoms with Gasteiger partial charge in [0.25, 0.3) is 0 Å². The van der Waals surface area contributed by atoms with Crippen molar-refractivity contribution in [1.29, 1.82) is 0 Å². The summed E-state index contributed by atoms with van der Waals surface area (Å²) in [5.74, 6) is 1.42. The van der Waals surface area contributed by atoms with Crippen molar-refractivity contribution in [3.8, 4) is 5.75 Å². The van der Waals surface area contributed by atoms with E-state index in [1.807, 2.05) is 48.7 Å². The number of hydrogen-bond donors (Lipinski definition) is 1. The highest BCUT2D eigenvalue weighted by Gasteiger charge is 2.19. The number of carbonyl (C=O) groups excluding carboxylic acids is 1. The molecule has 0 aliphatic carbocycles. The third-order valence-corrected chi connectivity index (χ3v) is 5.83. The molecule has 29 heavy (non-hydrogen) atoms. The molecule has 3 rings (SSSR count). The number of nitrogens with zero attached hydrogens (tertiary/aromatic N) is 3. The van der Waals surface area contributed by atoms with Crippen LogP contribution in [0.2, 0.25) is 10.0 Å². The second kappa shape index (κ2) is 10.0. The summed E-state index contributed by atoms with van der Waals surface area (Å²) in [4.78, 5) is 12.3. The van der Waals surface area contributed by atoms with Crippen molar-refractivity contribution in [2.45, 2.75) is 31.7 Å². The van der Waals surface area contributed by atoms with E-state index in [-0.39, 0.29) is 17.8 Å². The number of rotatable bonds is 8. The summed E-state index contributed by atoms with van der Waals surface area (Å²) in [6.45, 7) is 4.58. The lowest BCUT2D eigenvalue weighted by Crippen LogP contribution is -2.15. The molecule has 1 N–H and O–H groups in total. The molecule has 1 amide bonds. The molecular weight excluding hydrogens is 431 g/mol. The van der Waals surface area contributed by atoms with Gasteiger partial charge in [-0.05, 0) is 38.1 Å². The fraction of sp³-hybridized carbons (Fsp3) is 0.250. The van der Waals surface area contributed by atoms with Gasteiger partial charge in [0, 0.05) is 6.54 Å². The first-order valence-electron chi connectivity index (χ1n) is 9.01. The predicted octanol–water partition coefficient (Wildman–Crippen LogP) is 5.48. The third kappa shape index (κ3) is 5.44. The summed E-state index contributed by atoms with van der Waals surface area (Å²) in [6.07, 6.45) is -0.279. The number of halogens is 2. The van der Waals surface area contributed by atoms with E-state index in [4.69, 9.17) is 27.9 Å².